The second-order valence-electron chi connectivity index (χ2n) is 26.8. The van der Waals surface area contributed by atoms with E-state index in [2.05, 4.69) is 67.8 Å². The maximum atomic E-state index is 13.2. The van der Waals surface area contributed by atoms with Gasteiger partial charge in [0.15, 0.2) is 6.29 Å². The second kappa shape index (κ2) is 67.8. The van der Waals surface area contributed by atoms with Crippen LogP contribution in [0, 0.1) is 0 Å². The van der Waals surface area contributed by atoms with Crippen molar-refractivity contribution >= 4 is 5.91 Å². The third-order valence-corrected chi connectivity index (χ3v) is 18.3. The minimum Gasteiger partial charge on any atom is -0.394 e. The molecule has 9 heteroatoms. The molecule has 1 rings (SSSR count). The molecule has 0 saturated carbocycles. The molecule has 1 heterocycles. The number of unbranched alkanes of at least 4 members (excludes halogenated alkanes) is 50. The van der Waals surface area contributed by atoms with Crippen LogP contribution in [0.2, 0.25) is 0 Å². The lowest BCUT2D eigenvalue weighted by Gasteiger charge is -2.40. The molecular weight excluding hydrogens is 1090 g/mol. The summed E-state index contributed by atoms with van der Waals surface area (Å²) >= 11 is 0. The van der Waals surface area contributed by atoms with E-state index in [1.807, 2.05) is 6.08 Å². The molecule has 0 aromatic heterocycles. The molecule has 0 aromatic carbocycles. The van der Waals surface area contributed by atoms with Crippen molar-refractivity contribution in [2.75, 3.05) is 13.2 Å². The van der Waals surface area contributed by atoms with Gasteiger partial charge in [0.25, 0.3) is 0 Å². The lowest BCUT2D eigenvalue weighted by Crippen LogP contribution is -2.60. The monoisotopic (exact) mass is 1240 g/mol. The van der Waals surface area contributed by atoms with Crippen molar-refractivity contribution in [1.29, 1.82) is 0 Å². The second-order valence-corrected chi connectivity index (χ2v) is 26.8. The fourth-order valence-electron chi connectivity index (χ4n) is 12.3. The molecule has 9 nitrogen and oxygen atoms in total. The van der Waals surface area contributed by atoms with Crippen LogP contribution in [0.4, 0.5) is 0 Å². The molecule has 1 saturated heterocycles. The first kappa shape index (κ1) is 83.9. The van der Waals surface area contributed by atoms with E-state index < -0.39 is 49.5 Å². The molecule has 0 radical (unpaired) electrons. The Morgan fingerprint density at radius 1 is 0.386 bits per heavy atom. The summed E-state index contributed by atoms with van der Waals surface area (Å²) in [5.41, 5.74) is 0. The van der Waals surface area contributed by atoms with Gasteiger partial charge < -0.3 is 40.3 Å². The Labute approximate surface area is 545 Å². The van der Waals surface area contributed by atoms with Crippen LogP contribution >= 0.6 is 0 Å². The number of ether oxygens (including phenoxy) is 2. The van der Waals surface area contributed by atoms with Crippen molar-refractivity contribution in [2.24, 2.45) is 0 Å². The van der Waals surface area contributed by atoms with Crippen LogP contribution in [0.25, 0.3) is 0 Å². The van der Waals surface area contributed by atoms with Gasteiger partial charge in [0, 0.05) is 6.42 Å². The summed E-state index contributed by atoms with van der Waals surface area (Å²) in [5, 5.41) is 54.8. The van der Waals surface area contributed by atoms with Crippen LogP contribution in [0.5, 0.6) is 0 Å². The number of rotatable bonds is 68. The minimum atomic E-state index is -1.57. The van der Waals surface area contributed by atoms with E-state index in [-0.39, 0.29) is 12.5 Å². The highest BCUT2D eigenvalue weighted by atomic mass is 16.7. The molecule has 1 aliphatic rings. The summed E-state index contributed by atoms with van der Waals surface area (Å²) in [6.45, 7) is 3.80. The van der Waals surface area contributed by atoms with E-state index in [1.165, 1.54) is 308 Å². The number of allylic oxidation sites excluding steroid dienone is 9. The first-order chi connectivity index (χ1) is 43.3. The van der Waals surface area contributed by atoms with Crippen LogP contribution < -0.4 is 5.32 Å². The number of aliphatic hydroxyl groups excluding tert-OH is 5. The van der Waals surface area contributed by atoms with Gasteiger partial charge in [0.2, 0.25) is 5.91 Å². The molecule has 88 heavy (non-hydrogen) atoms. The van der Waals surface area contributed by atoms with Gasteiger partial charge in [-0.05, 0) is 70.6 Å². The Bertz CT molecular complexity index is 1580. The lowest BCUT2D eigenvalue weighted by molar-refractivity contribution is -0.302. The number of hydrogen-bond donors (Lipinski definition) is 6. The average Bonchev–Trinajstić information content (AvgIpc) is 3.65. The molecule has 0 aromatic rings. The summed E-state index contributed by atoms with van der Waals surface area (Å²) in [4.78, 5) is 13.2. The summed E-state index contributed by atoms with van der Waals surface area (Å²) < 4.78 is 11.3. The van der Waals surface area contributed by atoms with Gasteiger partial charge >= 0.3 is 0 Å². The molecule has 1 fully saturated rings. The van der Waals surface area contributed by atoms with Crippen LogP contribution in [-0.4, -0.2) is 87.5 Å². The van der Waals surface area contributed by atoms with Gasteiger partial charge in [-0.15, -0.1) is 0 Å². The van der Waals surface area contributed by atoms with Crippen molar-refractivity contribution in [3.8, 4) is 0 Å². The third kappa shape index (κ3) is 55.5. The molecule has 0 spiro atoms. The van der Waals surface area contributed by atoms with Crippen LogP contribution in [0.1, 0.15) is 380 Å². The highest BCUT2D eigenvalue weighted by molar-refractivity contribution is 5.76. The maximum absolute atomic E-state index is 13.2. The predicted molar refractivity (Wildman–Crippen MR) is 378 cm³/mol. The summed E-state index contributed by atoms with van der Waals surface area (Å²) in [6, 6.07) is -0.824. The van der Waals surface area contributed by atoms with E-state index >= 15 is 0 Å². The van der Waals surface area contributed by atoms with Crippen LogP contribution in [0.3, 0.4) is 0 Å². The van der Waals surface area contributed by atoms with Crippen molar-refractivity contribution in [1.82, 2.24) is 5.32 Å². The zero-order valence-corrected chi connectivity index (χ0v) is 58.0. The summed E-state index contributed by atoms with van der Waals surface area (Å²) in [5.74, 6) is -0.180. The first-order valence-corrected chi connectivity index (χ1v) is 38.5. The zero-order chi connectivity index (χ0) is 63.5. The van der Waals surface area contributed by atoms with Gasteiger partial charge in [-0.3, -0.25) is 4.79 Å². The smallest absolute Gasteiger partial charge is 0.220 e. The molecule has 7 unspecified atom stereocenters. The topological polar surface area (TPSA) is 149 Å². The van der Waals surface area contributed by atoms with E-state index in [0.717, 1.165) is 51.4 Å². The normalized spacial score (nSPS) is 18.2. The van der Waals surface area contributed by atoms with Crippen molar-refractivity contribution in [3.63, 3.8) is 0 Å². The number of aliphatic hydroxyl groups is 5. The number of nitrogens with one attached hydrogen (secondary N) is 1. The Kier molecular flexibility index (Phi) is 64.6. The largest absolute Gasteiger partial charge is 0.394 e. The molecule has 1 aliphatic heterocycles. The summed E-state index contributed by atoms with van der Waals surface area (Å²) in [7, 11) is 0. The molecule has 7 atom stereocenters. The van der Waals surface area contributed by atoms with Crippen molar-refractivity contribution < 1.29 is 39.8 Å². The summed E-state index contributed by atoms with van der Waals surface area (Å²) in [6.07, 6.45) is 87.9. The van der Waals surface area contributed by atoms with Crippen LogP contribution in [-0.2, 0) is 14.3 Å². The Hall–Kier alpha value is -2.11. The average molecular weight is 1240 g/mol. The van der Waals surface area contributed by atoms with E-state index in [0.29, 0.717) is 6.42 Å². The van der Waals surface area contributed by atoms with E-state index in [4.69, 9.17) is 9.47 Å². The number of carbonyl (C=O) groups excluding carboxylic acids is 1. The van der Waals surface area contributed by atoms with Gasteiger partial charge in [0.1, 0.15) is 24.4 Å². The van der Waals surface area contributed by atoms with Crippen LogP contribution in [0.15, 0.2) is 60.8 Å². The fraction of sp³-hybridized carbons (Fsp3) is 0.861. The van der Waals surface area contributed by atoms with Gasteiger partial charge in [-0.1, -0.05) is 364 Å². The maximum Gasteiger partial charge on any atom is 0.220 e. The molecular formula is C79H147NO8. The Morgan fingerprint density at radius 2 is 0.682 bits per heavy atom. The predicted octanol–water partition coefficient (Wildman–Crippen LogP) is 21.7. The lowest BCUT2D eigenvalue weighted by atomic mass is 9.99. The molecule has 6 N–H and O–H groups in total. The van der Waals surface area contributed by atoms with Crippen molar-refractivity contribution in [3.05, 3.63) is 60.8 Å². The first-order valence-electron chi connectivity index (χ1n) is 38.5. The Morgan fingerprint density at radius 3 is 1.03 bits per heavy atom. The number of hydrogen-bond acceptors (Lipinski definition) is 8. The quantitative estimate of drug-likeness (QED) is 0.0261. The molecule has 1 amide bonds. The molecule has 0 aliphatic carbocycles. The van der Waals surface area contributed by atoms with Gasteiger partial charge in [-0.2, -0.15) is 0 Å². The SMILES string of the molecule is CCCCCCC/C=C\C/C=C\C/C=C\CCCCCCCCCCCCCCCCCCCCCCCCCCC(=O)NC(COC1OC(CO)C(O)C(O)C1O)C(O)/C=C/CC/C=C/CCCCCCCCCCCCCCCCCCCCCC. The van der Waals surface area contributed by atoms with E-state index in [1.54, 1.807) is 6.08 Å². The van der Waals surface area contributed by atoms with Gasteiger partial charge in [-0.25, -0.2) is 0 Å². The number of carbonyl (C=O) groups is 1. The zero-order valence-electron chi connectivity index (χ0n) is 58.0. The van der Waals surface area contributed by atoms with Gasteiger partial charge in [0.05, 0.1) is 25.4 Å². The number of amides is 1. The van der Waals surface area contributed by atoms with E-state index in [9.17, 15) is 30.3 Å². The fourth-order valence-corrected chi connectivity index (χ4v) is 12.3. The Balaban J connectivity index is 2.08. The molecule has 516 valence electrons. The highest BCUT2D eigenvalue weighted by Crippen LogP contribution is 2.24. The highest BCUT2D eigenvalue weighted by Gasteiger charge is 2.44. The third-order valence-electron chi connectivity index (χ3n) is 18.3. The minimum absolute atomic E-state index is 0.180. The standard InChI is InChI=1S/C79H147NO8/c1-3-5-7-9-11-13-15-17-19-21-23-25-27-29-31-32-33-34-35-36-37-38-39-40-41-42-43-45-47-49-51-53-55-57-59-61-63-65-67-69-75(83)80-72(71-87-79-78(86)77(85)76(84)74(70-81)88-79)73(82)68-66-64-62-60-58-56-54-52-50-48-46-44-30-28-26-24-22-20-18-16-14-12-10-8-6-4-2/h15,17,21,23,27,29,58,60,66,68,72-74,76-79,81-82,84-86H,3-14,16,18-20,22,24-26,28,30-57,59,61-65,67,69-71H2,1-2H3,(H,80,83)/b17-15-,23-21-,29-27-,60-58+,68-66+. The molecule has 0 bridgehead atoms. The van der Waals surface area contributed by atoms with Crippen molar-refractivity contribution in [2.45, 2.75) is 423 Å².